The number of rotatable bonds is 6. The normalized spacial score (nSPS) is 12.7. The van der Waals surface area contributed by atoms with E-state index in [0.717, 1.165) is 12.1 Å². The first-order chi connectivity index (χ1) is 6.86. The summed E-state index contributed by atoms with van der Waals surface area (Å²) < 4.78 is 5.02. The molecule has 0 aliphatic carbocycles. The molecule has 0 aromatic carbocycles. The molecule has 1 unspecified atom stereocenters. The van der Waals surface area contributed by atoms with Gasteiger partial charge in [-0.2, -0.15) is 0 Å². The van der Waals surface area contributed by atoms with Crippen LogP contribution in [0.3, 0.4) is 0 Å². The van der Waals surface area contributed by atoms with E-state index in [1.54, 1.807) is 13.3 Å². The van der Waals surface area contributed by atoms with Gasteiger partial charge in [0.15, 0.2) is 0 Å². The fraction of sp³-hybridized carbons (Fsp3) is 0.500. The van der Waals surface area contributed by atoms with Gasteiger partial charge in [0.1, 0.15) is 0 Å². The van der Waals surface area contributed by atoms with E-state index in [9.17, 15) is 0 Å². The smallest absolute Gasteiger partial charge is 0.0627 e. The number of hydrogen-bond acceptors (Lipinski definition) is 3. The zero-order valence-corrected chi connectivity index (χ0v) is 9.00. The Bertz CT molecular complexity index is 243. The van der Waals surface area contributed by atoms with Gasteiger partial charge in [-0.3, -0.25) is 4.98 Å². The lowest BCUT2D eigenvalue weighted by Crippen LogP contribution is -2.34. The predicted molar refractivity (Wildman–Crippen MR) is 57.5 cm³/mol. The Morgan fingerprint density at radius 3 is 3.07 bits per heavy atom. The van der Waals surface area contributed by atoms with E-state index in [-0.39, 0.29) is 6.04 Å². The summed E-state index contributed by atoms with van der Waals surface area (Å²) in [5.74, 6) is 0.550. The molecular weight excluding hydrogens is 200 g/mol. The number of ether oxygens (including phenoxy) is 1. The van der Waals surface area contributed by atoms with Crippen molar-refractivity contribution in [2.24, 2.45) is 0 Å². The molecule has 1 rings (SSSR count). The fourth-order valence-corrected chi connectivity index (χ4v) is 1.32. The molecule has 0 fully saturated rings. The van der Waals surface area contributed by atoms with Crippen LogP contribution in [0.1, 0.15) is 5.56 Å². The van der Waals surface area contributed by atoms with Crippen molar-refractivity contribution in [2.45, 2.75) is 12.6 Å². The van der Waals surface area contributed by atoms with E-state index in [1.807, 2.05) is 18.3 Å². The highest BCUT2D eigenvalue weighted by Crippen LogP contribution is 1.97. The maximum absolute atomic E-state index is 5.75. The molecule has 0 saturated carbocycles. The van der Waals surface area contributed by atoms with Crippen molar-refractivity contribution in [3.8, 4) is 0 Å². The molecule has 1 heterocycles. The Labute approximate surface area is 89.4 Å². The third kappa shape index (κ3) is 4.05. The minimum Gasteiger partial charge on any atom is -0.383 e. The number of aromatic nitrogens is 1. The van der Waals surface area contributed by atoms with Gasteiger partial charge in [-0.25, -0.2) is 0 Å². The van der Waals surface area contributed by atoms with Crippen LogP contribution in [-0.2, 0) is 11.3 Å². The highest BCUT2D eigenvalue weighted by molar-refractivity contribution is 6.18. The van der Waals surface area contributed by atoms with Crippen molar-refractivity contribution in [1.82, 2.24) is 10.3 Å². The van der Waals surface area contributed by atoms with Gasteiger partial charge in [0.2, 0.25) is 0 Å². The maximum Gasteiger partial charge on any atom is 0.0627 e. The monoisotopic (exact) mass is 214 g/mol. The molecule has 0 aliphatic rings. The van der Waals surface area contributed by atoms with Gasteiger partial charge in [-0.05, 0) is 11.6 Å². The summed E-state index contributed by atoms with van der Waals surface area (Å²) in [5.41, 5.74) is 1.15. The lowest BCUT2D eigenvalue weighted by molar-refractivity contribution is 0.172. The lowest BCUT2D eigenvalue weighted by Gasteiger charge is -2.14. The molecule has 1 atom stereocenters. The number of nitrogens with one attached hydrogen (secondary N) is 1. The Hall–Kier alpha value is -0.640. The van der Waals surface area contributed by atoms with Crippen molar-refractivity contribution >= 4 is 11.6 Å². The highest BCUT2D eigenvalue weighted by atomic mass is 35.5. The van der Waals surface area contributed by atoms with Gasteiger partial charge in [0.25, 0.3) is 0 Å². The molecule has 78 valence electrons. The molecule has 0 bridgehead atoms. The van der Waals surface area contributed by atoms with Crippen LogP contribution in [0.15, 0.2) is 24.5 Å². The summed E-state index contributed by atoms with van der Waals surface area (Å²) in [6.45, 7) is 1.40. The zero-order chi connectivity index (χ0) is 10.2. The van der Waals surface area contributed by atoms with Crippen LogP contribution in [-0.4, -0.2) is 30.6 Å². The predicted octanol–water partition coefficient (Wildman–Crippen LogP) is 1.43. The van der Waals surface area contributed by atoms with Gasteiger partial charge < -0.3 is 10.1 Å². The SMILES string of the molecule is COCC(CCl)NCc1cccnc1. The molecule has 1 N–H and O–H groups in total. The molecule has 3 nitrogen and oxygen atoms in total. The van der Waals surface area contributed by atoms with Gasteiger partial charge in [0.05, 0.1) is 6.61 Å². The maximum atomic E-state index is 5.75. The first kappa shape index (κ1) is 11.4. The molecule has 1 aromatic heterocycles. The van der Waals surface area contributed by atoms with Crippen molar-refractivity contribution in [2.75, 3.05) is 19.6 Å². The second-order valence-electron chi connectivity index (χ2n) is 3.05. The van der Waals surface area contributed by atoms with Crippen LogP contribution in [0.4, 0.5) is 0 Å². The van der Waals surface area contributed by atoms with E-state index in [1.165, 1.54) is 0 Å². The molecule has 14 heavy (non-hydrogen) atoms. The van der Waals surface area contributed by atoms with Gasteiger partial charge in [-0.15, -0.1) is 11.6 Å². The number of hydrogen-bond donors (Lipinski definition) is 1. The van der Waals surface area contributed by atoms with Gasteiger partial charge in [-0.1, -0.05) is 6.07 Å². The van der Waals surface area contributed by atoms with E-state index in [2.05, 4.69) is 10.3 Å². The summed E-state index contributed by atoms with van der Waals surface area (Å²) in [6, 6.07) is 4.14. The largest absolute Gasteiger partial charge is 0.383 e. The fourth-order valence-electron chi connectivity index (χ4n) is 1.12. The summed E-state index contributed by atoms with van der Waals surface area (Å²) in [6.07, 6.45) is 3.60. The molecule has 4 heteroatoms. The van der Waals surface area contributed by atoms with Crippen LogP contribution >= 0.6 is 11.6 Å². The standard InChI is InChI=1S/C10H15ClN2O/c1-14-8-10(5-11)13-7-9-3-2-4-12-6-9/h2-4,6,10,13H,5,7-8H2,1H3. The number of pyridine rings is 1. The summed E-state index contributed by atoms with van der Waals surface area (Å²) in [7, 11) is 1.67. The second-order valence-corrected chi connectivity index (χ2v) is 3.36. The lowest BCUT2D eigenvalue weighted by atomic mass is 10.2. The van der Waals surface area contributed by atoms with E-state index >= 15 is 0 Å². The van der Waals surface area contributed by atoms with Crippen LogP contribution < -0.4 is 5.32 Å². The van der Waals surface area contributed by atoms with Crippen molar-refractivity contribution in [1.29, 1.82) is 0 Å². The molecule has 0 radical (unpaired) electrons. The second kappa shape index (κ2) is 6.76. The van der Waals surface area contributed by atoms with Crippen LogP contribution in [0, 0.1) is 0 Å². The van der Waals surface area contributed by atoms with E-state index in [4.69, 9.17) is 16.3 Å². The molecule has 0 aliphatic heterocycles. The Balaban J connectivity index is 2.32. The Morgan fingerprint density at radius 1 is 1.64 bits per heavy atom. The van der Waals surface area contributed by atoms with E-state index in [0.29, 0.717) is 12.5 Å². The topological polar surface area (TPSA) is 34.1 Å². The molecule has 0 amide bonds. The Kier molecular flexibility index (Phi) is 5.52. The third-order valence-electron chi connectivity index (χ3n) is 1.87. The van der Waals surface area contributed by atoms with Crippen LogP contribution in [0.25, 0.3) is 0 Å². The minimum absolute atomic E-state index is 0.196. The molecule has 1 aromatic rings. The number of alkyl halides is 1. The zero-order valence-electron chi connectivity index (χ0n) is 8.24. The van der Waals surface area contributed by atoms with Gasteiger partial charge >= 0.3 is 0 Å². The van der Waals surface area contributed by atoms with Crippen molar-refractivity contribution < 1.29 is 4.74 Å². The molecule has 0 spiro atoms. The average Bonchev–Trinajstić information content (AvgIpc) is 2.25. The number of halogens is 1. The first-order valence-electron chi connectivity index (χ1n) is 4.54. The summed E-state index contributed by atoms with van der Waals surface area (Å²) in [5, 5.41) is 3.29. The molecular formula is C10H15ClN2O. The van der Waals surface area contributed by atoms with Crippen molar-refractivity contribution in [3.63, 3.8) is 0 Å². The Morgan fingerprint density at radius 2 is 2.50 bits per heavy atom. The highest BCUT2D eigenvalue weighted by Gasteiger charge is 2.05. The minimum atomic E-state index is 0.196. The number of nitrogens with zero attached hydrogens (tertiary/aromatic N) is 1. The van der Waals surface area contributed by atoms with Crippen LogP contribution in [0.5, 0.6) is 0 Å². The summed E-state index contributed by atoms with van der Waals surface area (Å²) >= 11 is 5.75. The van der Waals surface area contributed by atoms with E-state index < -0.39 is 0 Å². The first-order valence-corrected chi connectivity index (χ1v) is 5.07. The van der Waals surface area contributed by atoms with Crippen LogP contribution in [0.2, 0.25) is 0 Å². The third-order valence-corrected chi connectivity index (χ3v) is 2.24. The summed E-state index contributed by atoms with van der Waals surface area (Å²) in [4.78, 5) is 4.03. The molecule has 0 saturated heterocycles. The number of methoxy groups -OCH3 is 1. The van der Waals surface area contributed by atoms with Crippen molar-refractivity contribution in [3.05, 3.63) is 30.1 Å². The average molecular weight is 215 g/mol. The van der Waals surface area contributed by atoms with Gasteiger partial charge in [0, 0.05) is 38.0 Å². The quantitative estimate of drug-likeness (QED) is 0.728.